The summed E-state index contributed by atoms with van der Waals surface area (Å²) in [7, 11) is 0. The van der Waals surface area contributed by atoms with E-state index in [2.05, 4.69) is 13.0 Å². The van der Waals surface area contributed by atoms with Gasteiger partial charge < -0.3 is 4.74 Å². The summed E-state index contributed by atoms with van der Waals surface area (Å²) in [5.74, 6) is 0. The van der Waals surface area contributed by atoms with Gasteiger partial charge in [-0.1, -0.05) is 19.1 Å². The minimum atomic E-state index is 0.702. The minimum Gasteiger partial charge on any atom is -0.377 e. The SMILES string of the molecule is C=C(C)COCC[CH]C. The fourth-order valence-electron chi connectivity index (χ4n) is 0.448. The van der Waals surface area contributed by atoms with Crippen molar-refractivity contribution in [3.05, 3.63) is 18.6 Å². The fourth-order valence-corrected chi connectivity index (χ4v) is 0.448. The highest BCUT2D eigenvalue weighted by atomic mass is 16.5. The quantitative estimate of drug-likeness (QED) is 0.406. The van der Waals surface area contributed by atoms with Gasteiger partial charge in [-0.05, 0) is 19.8 Å². The number of unbranched alkanes of at least 4 members (excludes halogenated alkanes) is 1. The first-order valence-corrected chi connectivity index (χ1v) is 3.27. The Bertz CT molecular complexity index is 76.6. The molecule has 0 fully saturated rings. The number of rotatable bonds is 5. The molecule has 0 aromatic carbocycles. The summed E-state index contributed by atoms with van der Waals surface area (Å²) in [6, 6.07) is 0. The van der Waals surface area contributed by atoms with Gasteiger partial charge in [0.05, 0.1) is 6.61 Å². The average molecular weight is 127 g/mol. The van der Waals surface area contributed by atoms with Crippen LogP contribution in [0.1, 0.15) is 20.3 Å². The Kier molecular flexibility index (Phi) is 5.64. The molecule has 0 rings (SSSR count). The highest BCUT2D eigenvalue weighted by molar-refractivity contribution is 4.87. The van der Waals surface area contributed by atoms with Crippen molar-refractivity contribution in [2.45, 2.75) is 20.3 Å². The zero-order valence-corrected chi connectivity index (χ0v) is 6.31. The van der Waals surface area contributed by atoms with Crippen LogP contribution in [0.5, 0.6) is 0 Å². The Labute approximate surface area is 57.7 Å². The molecule has 9 heavy (non-hydrogen) atoms. The Morgan fingerprint density at radius 3 is 2.78 bits per heavy atom. The fraction of sp³-hybridized carbons (Fsp3) is 0.625. The second kappa shape index (κ2) is 5.83. The van der Waals surface area contributed by atoms with E-state index in [1.165, 1.54) is 0 Å². The lowest BCUT2D eigenvalue weighted by Gasteiger charge is -2.00. The van der Waals surface area contributed by atoms with Crippen molar-refractivity contribution in [3.8, 4) is 0 Å². The van der Waals surface area contributed by atoms with Crippen LogP contribution < -0.4 is 0 Å². The monoisotopic (exact) mass is 127 g/mol. The van der Waals surface area contributed by atoms with E-state index in [1.54, 1.807) is 0 Å². The third kappa shape index (κ3) is 7.70. The summed E-state index contributed by atoms with van der Waals surface area (Å²) in [6.45, 7) is 9.24. The van der Waals surface area contributed by atoms with Gasteiger partial charge in [0.25, 0.3) is 0 Å². The maximum absolute atomic E-state index is 5.20. The van der Waals surface area contributed by atoms with Gasteiger partial charge in [0.15, 0.2) is 0 Å². The zero-order valence-electron chi connectivity index (χ0n) is 6.31. The topological polar surface area (TPSA) is 9.23 Å². The van der Waals surface area contributed by atoms with Crippen molar-refractivity contribution in [2.75, 3.05) is 13.2 Å². The molecule has 0 aliphatic carbocycles. The van der Waals surface area contributed by atoms with Crippen molar-refractivity contribution >= 4 is 0 Å². The minimum absolute atomic E-state index is 0.702. The van der Waals surface area contributed by atoms with Gasteiger partial charge in [-0.3, -0.25) is 0 Å². The molecule has 0 aromatic heterocycles. The molecule has 1 radical (unpaired) electrons. The molecular formula is C8H15O. The van der Waals surface area contributed by atoms with Crippen LogP contribution in [0.25, 0.3) is 0 Å². The zero-order chi connectivity index (χ0) is 7.11. The van der Waals surface area contributed by atoms with E-state index in [1.807, 2.05) is 13.8 Å². The van der Waals surface area contributed by atoms with Gasteiger partial charge in [-0.2, -0.15) is 0 Å². The Balaban J connectivity index is 2.83. The summed E-state index contributed by atoms with van der Waals surface area (Å²) in [6.07, 6.45) is 3.13. The van der Waals surface area contributed by atoms with Crippen LogP contribution in [0.4, 0.5) is 0 Å². The average Bonchev–Trinajstić information content (AvgIpc) is 1.80. The van der Waals surface area contributed by atoms with Gasteiger partial charge in [-0.25, -0.2) is 0 Å². The molecule has 53 valence electrons. The van der Waals surface area contributed by atoms with Gasteiger partial charge in [0.2, 0.25) is 0 Å². The van der Waals surface area contributed by atoms with Gasteiger partial charge >= 0.3 is 0 Å². The Morgan fingerprint density at radius 1 is 1.67 bits per heavy atom. The molecule has 0 bridgehead atoms. The van der Waals surface area contributed by atoms with E-state index in [-0.39, 0.29) is 0 Å². The van der Waals surface area contributed by atoms with Gasteiger partial charge in [0.1, 0.15) is 0 Å². The van der Waals surface area contributed by atoms with Gasteiger partial charge in [-0.15, -0.1) is 0 Å². The highest BCUT2D eigenvalue weighted by Gasteiger charge is 1.85. The van der Waals surface area contributed by atoms with E-state index in [4.69, 9.17) is 4.74 Å². The molecule has 0 saturated carbocycles. The van der Waals surface area contributed by atoms with E-state index >= 15 is 0 Å². The second-order valence-corrected chi connectivity index (χ2v) is 2.21. The molecule has 0 unspecified atom stereocenters. The van der Waals surface area contributed by atoms with Crippen molar-refractivity contribution in [2.24, 2.45) is 0 Å². The molecule has 0 heterocycles. The summed E-state index contributed by atoms with van der Waals surface area (Å²) in [5, 5.41) is 0. The summed E-state index contributed by atoms with van der Waals surface area (Å²) < 4.78 is 5.20. The van der Waals surface area contributed by atoms with Crippen LogP contribution in [0.2, 0.25) is 0 Å². The second-order valence-electron chi connectivity index (χ2n) is 2.21. The van der Waals surface area contributed by atoms with Crippen molar-refractivity contribution in [1.82, 2.24) is 0 Å². The predicted octanol–water partition coefficient (Wildman–Crippen LogP) is 2.19. The first-order chi connectivity index (χ1) is 4.27. The maximum Gasteiger partial charge on any atom is 0.0671 e. The van der Waals surface area contributed by atoms with E-state index in [0.29, 0.717) is 6.61 Å². The third-order valence-electron chi connectivity index (χ3n) is 0.899. The first kappa shape index (κ1) is 8.70. The highest BCUT2D eigenvalue weighted by Crippen LogP contribution is 1.91. The first-order valence-electron chi connectivity index (χ1n) is 3.27. The molecule has 0 amide bonds. The lowest BCUT2D eigenvalue weighted by atomic mass is 10.3. The largest absolute Gasteiger partial charge is 0.377 e. The number of hydrogen-bond acceptors (Lipinski definition) is 1. The van der Waals surface area contributed by atoms with Crippen LogP contribution in [0.3, 0.4) is 0 Å². The molecule has 0 aliphatic heterocycles. The molecule has 0 atom stereocenters. The molecule has 1 heteroatoms. The lowest BCUT2D eigenvalue weighted by Crippen LogP contribution is -1.96. The van der Waals surface area contributed by atoms with E-state index in [9.17, 15) is 0 Å². The lowest BCUT2D eigenvalue weighted by molar-refractivity contribution is 0.159. The van der Waals surface area contributed by atoms with Gasteiger partial charge in [0, 0.05) is 6.61 Å². The molecule has 0 aromatic rings. The van der Waals surface area contributed by atoms with Crippen molar-refractivity contribution in [1.29, 1.82) is 0 Å². The molecular weight excluding hydrogens is 112 g/mol. The standard InChI is InChI=1S/C8H15O/c1-4-5-6-9-7-8(2)3/h4H,2,5-7H2,1,3H3. The Morgan fingerprint density at radius 2 is 2.33 bits per heavy atom. The summed E-state index contributed by atoms with van der Waals surface area (Å²) >= 11 is 0. The molecule has 0 aliphatic rings. The van der Waals surface area contributed by atoms with Crippen LogP contribution in [-0.4, -0.2) is 13.2 Å². The number of hydrogen-bond donors (Lipinski definition) is 0. The Hall–Kier alpha value is -0.300. The molecule has 0 saturated heterocycles. The normalized spacial score (nSPS) is 9.56. The van der Waals surface area contributed by atoms with Crippen LogP contribution >= 0.6 is 0 Å². The van der Waals surface area contributed by atoms with Crippen molar-refractivity contribution < 1.29 is 4.74 Å². The third-order valence-corrected chi connectivity index (χ3v) is 0.899. The van der Waals surface area contributed by atoms with E-state index in [0.717, 1.165) is 18.6 Å². The smallest absolute Gasteiger partial charge is 0.0671 e. The van der Waals surface area contributed by atoms with Crippen LogP contribution in [0.15, 0.2) is 12.2 Å². The summed E-state index contributed by atoms with van der Waals surface area (Å²) in [4.78, 5) is 0. The van der Waals surface area contributed by atoms with Crippen molar-refractivity contribution in [3.63, 3.8) is 0 Å². The molecule has 1 nitrogen and oxygen atoms in total. The maximum atomic E-state index is 5.20. The van der Waals surface area contributed by atoms with Crippen LogP contribution in [0, 0.1) is 6.42 Å². The summed E-state index contributed by atoms with van der Waals surface area (Å²) in [5.41, 5.74) is 1.09. The molecule has 0 spiro atoms. The van der Waals surface area contributed by atoms with Crippen LogP contribution in [-0.2, 0) is 4.74 Å². The molecule has 0 N–H and O–H groups in total. The number of ether oxygens (including phenoxy) is 1. The van der Waals surface area contributed by atoms with E-state index < -0.39 is 0 Å². The predicted molar refractivity (Wildman–Crippen MR) is 40.2 cm³/mol.